The monoisotopic (exact) mass is 236 g/mol. The molecule has 1 aliphatic rings. The predicted octanol–water partition coefficient (Wildman–Crippen LogP) is 1.30. The lowest BCUT2D eigenvalue weighted by Crippen LogP contribution is -2.22. The summed E-state index contributed by atoms with van der Waals surface area (Å²) in [7, 11) is 1.63. The summed E-state index contributed by atoms with van der Waals surface area (Å²) in [4.78, 5) is 10.9. The first-order chi connectivity index (χ1) is 8.10. The van der Waals surface area contributed by atoms with Crippen LogP contribution >= 0.6 is 0 Å². The molecule has 2 rings (SSSR count). The molecule has 0 aromatic carbocycles. The predicted molar refractivity (Wildman–Crippen MR) is 67.7 cm³/mol. The highest BCUT2D eigenvalue weighted by Gasteiger charge is 2.27. The van der Waals surface area contributed by atoms with Crippen molar-refractivity contribution in [2.75, 3.05) is 30.8 Å². The van der Waals surface area contributed by atoms with E-state index in [4.69, 9.17) is 10.5 Å². The fourth-order valence-electron chi connectivity index (χ4n) is 2.18. The number of nitrogens with two attached hydrogens (primary N) is 1. The van der Waals surface area contributed by atoms with Crippen molar-refractivity contribution in [3.05, 3.63) is 11.9 Å². The summed E-state index contributed by atoms with van der Waals surface area (Å²) < 4.78 is 5.04. The number of hydrogen-bond donors (Lipinski definition) is 1. The SMILES string of the molecule is COCc1nc(N)cc(N2CC(C)C(C)C2)n1. The molecule has 2 N–H and O–H groups in total. The first kappa shape index (κ1) is 12.1. The van der Waals surface area contributed by atoms with Gasteiger partial charge in [-0.05, 0) is 11.8 Å². The number of ether oxygens (including phenoxy) is 1. The molecule has 0 saturated carbocycles. The van der Waals surface area contributed by atoms with Crippen LogP contribution in [0.2, 0.25) is 0 Å². The van der Waals surface area contributed by atoms with Crippen LogP contribution in [-0.2, 0) is 11.3 Å². The van der Waals surface area contributed by atoms with E-state index >= 15 is 0 Å². The molecule has 2 heterocycles. The van der Waals surface area contributed by atoms with Gasteiger partial charge in [-0.25, -0.2) is 9.97 Å². The molecule has 0 bridgehead atoms. The molecule has 0 spiro atoms. The first-order valence-electron chi connectivity index (χ1n) is 5.97. The van der Waals surface area contributed by atoms with Crippen LogP contribution in [0, 0.1) is 11.8 Å². The molecular weight excluding hydrogens is 216 g/mol. The largest absolute Gasteiger partial charge is 0.384 e. The Hall–Kier alpha value is -1.36. The number of methoxy groups -OCH3 is 1. The molecule has 2 atom stereocenters. The quantitative estimate of drug-likeness (QED) is 0.857. The van der Waals surface area contributed by atoms with E-state index in [9.17, 15) is 0 Å². The Bertz CT molecular complexity index is 386. The topological polar surface area (TPSA) is 64.3 Å². The van der Waals surface area contributed by atoms with Gasteiger partial charge in [-0.3, -0.25) is 0 Å². The van der Waals surface area contributed by atoms with Gasteiger partial charge < -0.3 is 15.4 Å². The van der Waals surface area contributed by atoms with Crippen LogP contribution in [-0.4, -0.2) is 30.2 Å². The minimum Gasteiger partial charge on any atom is -0.384 e. The van der Waals surface area contributed by atoms with Crippen LogP contribution < -0.4 is 10.6 Å². The lowest BCUT2D eigenvalue weighted by molar-refractivity contribution is 0.178. The minimum atomic E-state index is 0.400. The molecule has 0 aliphatic carbocycles. The van der Waals surface area contributed by atoms with Gasteiger partial charge in [-0.15, -0.1) is 0 Å². The second kappa shape index (κ2) is 4.87. The maximum atomic E-state index is 5.79. The molecule has 94 valence electrons. The Morgan fingerprint density at radius 1 is 1.35 bits per heavy atom. The Morgan fingerprint density at radius 2 is 2.00 bits per heavy atom. The number of aromatic nitrogens is 2. The van der Waals surface area contributed by atoms with Crippen molar-refractivity contribution in [3.8, 4) is 0 Å². The van der Waals surface area contributed by atoms with Crippen LogP contribution in [0.15, 0.2) is 6.07 Å². The first-order valence-corrected chi connectivity index (χ1v) is 5.97. The Morgan fingerprint density at radius 3 is 2.59 bits per heavy atom. The summed E-state index contributed by atoms with van der Waals surface area (Å²) in [6.45, 7) is 7.00. The van der Waals surface area contributed by atoms with Gasteiger partial charge >= 0.3 is 0 Å². The third-order valence-corrected chi connectivity index (χ3v) is 3.36. The van der Waals surface area contributed by atoms with Gasteiger partial charge in [0.05, 0.1) is 0 Å². The van der Waals surface area contributed by atoms with Crippen molar-refractivity contribution in [3.63, 3.8) is 0 Å². The smallest absolute Gasteiger partial charge is 0.158 e. The molecule has 1 aliphatic heterocycles. The minimum absolute atomic E-state index is 0.400. The van der Waals surface area contributed by atoms with E-state index in [1.165, 1.54) is 0 Å². The van der Waals surface area contributed by atoms with E-state index < -0.39 is 0 Å². The normalized spacial score (nSPS) is 24.3. The van der Waals surface area contributed by atoms with E-state index in [2.05, 4.69) is 28.7 Å². The van der Waals surface area contributed by atoms with Crippen LogP contribution in [0.4, 0.5) is 11.6 Å². The number of rotatable bonds is 3. The van der Waals surface area contributed by atoms with Gasteiger partial charge in [0.15, 0.2) is 5.82 Å². The maximum Gasteiger partial charge on any atom is 0.158 e. The van der Waals surface area contributed by atoms with Crippen LogP contribution in [0.3, 0.4) is 0 Å². The zero-order valence-electron chi connectivity index (χ0n) is 10.7. The number of hydrogen-bond acceptors (Lipinski definition) is 5. The number of anilines is 2. The van der Waals surface area contributed by atoms with Crippen molar-refractivity contribution in [2.45, 2.75) is 20.5 Å². The fourth-order valence-corrected chi connectivity index (χ4v) is 2.18. The Balaban J connectivity index is 2.20. The lowest BCUT2D eigenvalue weighted by Gasteiger charge is -2.18. The summed E-state index contributed by atoms with van der Waals surface area (Å²) in [6, 6.07) is 1.84. The van der Waals surface area contributed by atoms with Crippen molar-refractivity contribution in [2.24, 2.45) is 11.8 Å². The average molecular weight is 236 g/mol. The highest BCUT2D eigenvalue weighted by molar-refractivity contribution is 5.47. The molecule has 1 saturated heterocycles. The second-order valence-electron chi connectivity index (χ2n) is 4.86. The molecule has 0 radical (unpaired) electrons. The molecule has 5 heteroatoms. The molecular formula is C12H20N4O. The van der Waals surface area contributed by atoms with Crippen molar-refractivity contribution in [1.29, 1.82) is 0 Å². The van der Waals surface area contributed by atoms with Crippen molar-refractivity contribution < 1.29 is 4.74 Å². The molecule has 1 aromatic heterocycles. The van der Waals surface area contributed by atoms with Crippen LogP contribution in [0.5, 0.6) is 0 Å². The Labute approximate surface area is 102 Å². The van der Waals surface area contributed by atoms with Crippen molar-refractivity contribution in [1.82, 2.24) is 9.97 Å². The zero-order valence-corrected chi connectivity index (χ0v) is 10.7. The highest BCUT2D eigenvalue weighted by atomic mass is 16.5. The van der Waals surface area contributed by atoms with Gasteiger partial charge in [0.25, 0.3) is 0 Å². The van der Waals surface area contributed by atoms with E-state index in [1.54, 1.807) is 7.11 Å². The van der Waals surface area contributed by atoms with E-state index in [0.717, 1.165) is 18.9 Å². The zero-order chi connectivity index (χ0) is 12.4. The molecule has 0 amide bonds. The van der Waals surface area contributed by atoms with E-state index in [0.29, 0.717) is 30.1 Å². The van der Waals surface area contributed by atoms with Gasteiger partial charge in [0, 0.05) is 26.3 Å². The summed E-state index contributed by atoms with van der Waals surface area (Å²) in [5.74, 6) is 3.46. The Kier molecular flexibility index (Phi) is 3.47. The summed E-state index contributed by atoms with van der Waals surface area (Å²) in [5.41, 5.74) is 5.79. The molecule has 1 aromatic rings. The van der Waals surface area contributed by atoms with Crippen LogP contribution in [0.1, 0.15) is 19.7 Å². The van der Waals surface area contributed by atoms with Gasteiger partial charge in [-0.1, -0.05) is 13.8 Å². The third-order valence-electron chi connectivity index (χ3n) is 3.36. The summed E-state index contributed by atoms with van der Waals surface area (Å²) in [5, 5.41) is 0. The van der Waals surface area contributed by atoms with Crippen LogP contribution in [0.25, 0.3) is 0 Å². The highest BCUT2D eigenvalue weighted by Crippen LogP contribution is 2.27. The molecule has 5 nitrogen and oxygen atoms in total. The van der Waals surface area contributed by atoms with Gasteiger partial charge in [0.2, 0.25) is 0 Å². The second-order valence-corrected chi connectivity index (χ2v) is 4.86. The molecule has 1 fully saturated rings. The average Bonchev–Trinajstić information content (AvgIpc) is 2.59. The third kappa shape index (κ3) is 2.66. The summed E-state index contributed by atoms with van der Waals surface area (Å²) >= 11 is 0. The number of nitrogen functional groups attached to an aromatic ring is 1. The van der Waals surface area contributed by atoms with E-state index in [-0.39, 0.29) is 0 Å². The molecule has 17 heavy (non-hydrogen) atoms. The standard InChI is InChI=1S/C12H20N4O/c1-8-5-16(6-9(8)2)12-4-10(13)14-11(15-12)7-17-3/h4,8-9H,5-7H2,1-3H3,(H2,13,14,15). The lowest BCUT2D eigenvalue weighted by atomic mass is 10.0. The van der Waals surface area contributed by atoms with Crippen molar-refractivity contribution >= 4 is 11.6 Å². The maximum absolute atomic E-state index is 5.79. The van der Waals surface area contributed by atoms with Gasteiger partial charge in [0.1, 0.15) is 18.2 Å². The fraction of sp³-hybridized carbons (Fsp3) is 0.667. The number of nitrogens with zero attached hydrogens (tertiary/aromatic N) is 3. The van der Waals surface area contributed by atoms with E-state index in [1.807, 2.05) is 6.07 Å². The summed E-state index contributed by atoms with van der Waals surface area (Å²) in [6.07, 6.45) is 0. The molecule has 2 unspecified atom stereocenters. The van der Waals surface area contributed by atoms with Gasteiger partial charge in [-0.2, -0.15) is 0 Å².